The number of nitrogens with zero attached hydrogens (tertiary/aromatic N) is 2. The van der Waals surface area contributed by atoms with Crippen LogP contribution in [-0.4, -0.2) is 11.5 Å². The van der Waals surface area contributed by atoms with E-state index in [2.05, 4.69) is 23.3 Å². The van der Waals surface area contributed by atoms with Crippen molar-refractivity contribution in [2.45, 2.75) is 19.8 Å². The van der Waals surface area contributed by atoms with E-state index in [1.165, 1.54) is 12.8 Å². The van der Waals surface area contributed by atoms with Crippen LogP contribution >= 0.6 is 0 Å². The molecule has 14 heavy (non-hydrogen) atoms. The van der Waals surface area contributed by atoms with Crippen molar-refractivity contribution in [3.63, 3.8) is 0 Å². The first-order chi connectivity index (χ1) is 6.73. The number of hydrogen-bond acceptors (Lipinski definition) is 3. The molecule has 0 aromatic carbocycles. The number of anilines is 1. The van der Waals surface area contributed by atoms with Crippen LogP contribution in [0, 0.1) is 16.7 Å². The van der Waals surface area contributed by atoms with Gasteiger partial charge in [0.2, 0.25) is 0 Å². The van der Waals surface area contributed by atoms with Gasteiger partial charge < -0.3 is 5.32 Å². The van der Waals surface area contributed by atoms with Crippen molar-refractivity contribution in [3.8, 4) is 6.07 Å². The number of aromatic nitrogens is 1. The van der Waals surface area contributed by atoms with Crippen molar-refractivity contribution in [2.75, 3.05) is 11.9 Å². The highest BCUT2D eigenvalue weighted by molar-refractivity contribution is 5.55. The van der Waals surface area contributed by atoms with Gasteiger partial charge in [-0.3, -0.25) is 4.98 Å². The second kappa shape index (κ2) is 3.30. The zero-order valence-electron chi connectivity index (χ0n) is 8.25. The second-order valence-corrected chi connectivity index (χ2v) is 4.20. The lowest BCUT2D eigenvalue weighted by molar-refractivity contribution is 0.610. The zero-order valence-corrected chi connectivity index (χ0v) is 8.25. The number of nitrogens with one attached hydrogen (secondary N) is 1. The standard InChI is InChI=1S/C11H13N3/c1-11(3-4-11)8-14-10-7-13-5-2-9(10)6-12/h2,5,7,14H,3-4,8H2,1H3. The minimum Gasteiger partial charge on any atom is -0.382 e. The largest absolute Gasteiger partial charge is 0.382 e. The van der Waals surface area contributed by atoms with Gasteiger partial charge in [0, 0.05) is 12.7 Å². The summed E-state index contributed by atoms with van der Waals surface area (Å²) >= 11 is 0. The number of rotatable bonds is 3. The molecule has 0 spiro atoms. The maximum Gasteiger partial charge on any atom is 0.101 e. The van der Waals surface area contributed by atoms with Gasteiger partial charge in [0.15, 0.2) is 0 Å². The smallest absolute Gasteiger partial charge is 0.101 e. The first kappa shape index (κ1) is 9.01. The van der Waals surface area contributed by atoms with E-state index in [1.807, 2.05) is 0 Å². The molecule has 2 rings (SSSR count). The van der Waals surface area contributed by atoms with Crippen molar-refractivity contribution < 1.29 is 0 Å². The van der Waals surface area contributed by atoms with E-state index in [0.29, 0.717) is 11.0 Å². The first-order valence-electron chi connectivity index (χ1n) is 4.81. The lowest BCUT2D eigenvalue weighted by atomic mass is 10.1. The maximum atomic E-state index is 8.85. The summed E-state index contributed by atoms with van der Waals surface area (Å²) in [4.78, 5) is 4.00. The van der Waals surface area contributed by atoms with Crippen LogP contribution in [-0.2, 0) is 0 Å². The molecule has 1 saturated carbocycles. The van der Waals surface area contributed by atoms with Crippen molar-refractivity contribution in [1.29, 1.82) is 5.26 Å². The summed E-state index contributed by atoms with van der Waals surface area (Å²) < 4.78 is 0. The normalized spacial score (nSPS) is 17.1. The number of hydrogen-bond donors (Lipinski definition) is 1. The highest BCUT2D eigenvalue weighted by Crippen LogP contribution is 2.44. The summed E-state index contributed by atoms with van der Waals surface area (Å²) in [5, 5.41) is 12.1. The Kier molecular flexibility index (Phi) is 2.12. The summed E-state index contributed by atoms with van der Waals surface area (Å²) in [7, 11) is 0. The van der Waals surface area contributed by atoms with Crippen LogP contribution in [0.1, 0.15) is 25.3 Å². The van der Waals surface area contributed by atoms with E-state index in [4.69, 9.17) is 5.26 Å². The Hall–Kier alpha value is -1.56. The topological polar surface area (TPSA) is 48.7 Å². The van der Waals surface area contributed by atoms with Crippen LogP contribution < -0.4 is 5.32 Å². The number of nitriles is 1. The van der Waals surface area contributed by atoms with Gasteiger partial charge in [0.25, 0.3) is 0 Å². The maximum absolute atomic E-state index is 8.85. The fourth-order valence-electron chi connectivity index (χ4n) is 1.33. The molecule has 0 saturated heterocycles. The summed E-state index contributed by atoms with van der Waals surface area (Å²) in [6.45, 7) is 3.19. The Morgan fingerprint density at radius 2 is 2.43 bits per heavy atom. The SMILES string of the molecule is CC1(CNc2cnccc2C#N)CC1. The van der Waals surface area contributed by atoms with Gasteiger partial charge in [-0.25, -0.2) is 0 Å². The highest BCUT2D eigenvalue weighted by atomic mass is 14.9. The quantitative estimate of drug-likeness (QED) is 0.788. The molecule has 1 aromatic heterocycles. The van der Waals surface area contributed by atoms with E-state index in [-0.39, 0.29) is 0 Å². The van der Waals surface area contributed by atoms with Crippen LogP contribution in [0.5, 0.6) is 0 Å². The molecule has 1 aliphatic rings. The van der Waals surface area contributed by atoms with E-state index >= 15 is 0 Å². The van der Waals surface area contributed by atoms with Crippen LogP contribution in [0.2, 0.25) is 0 Å². The van der Waals surface area contributed by atoms with E-state index < -0.39 is 0 Å². The molecule has 0 bridgehead atoms. The lowest BCUT2D eigenvalue weighted by Gasteiger charge is -2.11. The first-order valence-corrected chi connectivity index (χ1v) is 4.81. The fourth-order valence-corrected chi connectivity index (χ4v) is 1.33. The van der Waals surface area contributed by atoms with Crippen LogP contribution in [0.25, 0.3) is 0 Å². The molecular formula is C11H13N3. The monoisotopic (exact) mass is 187 g/mol. The molecule has 1 N–H and O–H groups in total. The van der Waals surface area contributed by atoms with Crippen molar-refractivity contribution in [3.05, 3.63) is 24.0 Å². The summed E-state index contributed by atoms with van der Waals surface area (Å²) in [5.41, 5.74) is 1.97. The summed E-state index contributed by atoms with van der Waals surface area (Å²) in [6, 6.07) is 3.88. The van der Waals surface area contributed by atoms with E-state index in [0.717, 1.165) is 12.2 Å². The van der Waals surface area contributed by atoms with Gasteiger partial charge in [0.1, 0.15) is 6.07 Å². The second-order valence-electron chi connectivity index (χ2n) is 4.20. The van der Waals surface area contributed by atoms with Gasteiger partial charge in [-0.2, -0.15) is 5.26 Å². The van der Waals surface area contributed by atoms with Crippen molar-refractivity contribution in [2.24, 2.45) is 5.41 Å². The molecule has 0 aliphatic heterocycles. The predicted molar refractivity (Wildman–Crippen MR) is 54.8 cm³/mol. The average Bonchev–Trinajstić information content (AvgIpc) is 2.95. The van der Waals surface area contributed by atoms with Gasteiger partial charge in [-0.15, -0.1) is 0 Å². The molecule has 1 aliphatic carbocycles. The number of pyridine rings is 1. The third-order valence-electron chi connectivity index (χ3n) is 2.75. The molecule has 0 unspecified atom stereocenters. The van der Waals surface area contributed by atoms with Gasteiger partial charge in [0.05, 0.1) is 17.4 Å². The fraction of sp³-hybridized carbons (Fsp3) is 0.455. The minimum absolute atomic E-state index is 0.447. The molecule has 72 valence electrons. The van der Waals surface area contributed by atoms with E-state index in [1.54, 1.807) is 18.5 Å². The minimum atomic E-state index is 0.447. The van der Waals surface area contributed by atoms with Crippen molar-refractivity contribution >= 4 is 5.69 Å². The van der Waals surface area contributed by atoms with Crippen LogP contribution in [0.15, 0.2) is 18.5 Å². The molecule has 1 heterocycles. The molecule has 3 nitrogen and oxygen atoms in total. The molecule has 0 atom stereocenters. The zero-order chi connectivity index (χ0) is 10.0. The predicted octanol–water partition coefficient (Wildman–Crippen LogP) is 2.17. The Labute approximate surface area is 83.8 Å². The van der Waals surface area contributed by atoms with Gasteiger partial charge >= 0.3 is 0 Å². The van der Waals surface area contributed by atoms with Crippen molar-refractivity contribution in [1.82, 2.24) is 4.98 Å². The summed E-state index contributed by atoms with van der Waals surface area (Å²) in [5.74, 6) is 0. The Morgan fingerprint density at radius 1 is 1.64 bits per heavy atom. The molecule has 1 fully saturated rings. The van der Waals surface area contributed by atoms with Gasteiger partial charge in [-0.05, 0) is 24.3 Å². The van der Waals surface area contributed by atoms with Crippen LogP contribution in [0.4, 0.5) is 5.69 Å². The third-order valence-corrected chi connectivity index (χ3v) is 2.75. The van der Waals surface area contributed by atoms with Gasteiger partial charge in [-0.1, -0.05) is 6.92 Å². The van der Waals surface area contributed by atoms with E-state index in [9.17, 15) is 0 Å². The Balaban J connectivity index is 2.05. The van der Waals surface area contributed by atoms with Crippen LogP contribution in [0.3, 0.4) is 0 Å². The molecule has 1 aromatic rings. The highest BCUT2D eigenvalue weighted by Gasteiger charge is 2.36. The Bertz CT molecular complexity index is 374. The Morgan fingerprint density at radius 3 is 3.07 bits per heavy atom. The molecular weight excluding hydrogens is 174 g/mol. The molecule has 0 amide bonds. The lowest BCUT2D eigenvalue weighted by Crippen LogP contribution is -2.12. The average molecular weight is 187 g/mol. The molecule has 3 heteroatoms. The molecule has 0 radical (unpaired) electrons. The third kappa shape index (κ3) is 1.85. The summed E-state index contributed by atoms with van der Waals surface area (Å²) in [6.07, 6.45) is 5.91.